The molecule has 1 rings (SSSR count). The summed E-state index contributed by atoms with van der Waals surface area (Å²) in [6.45, 7) is 1.63. The number of benzene rings is 1. The summed E-state index contributed by atoms with van der Waals surface area (Å²) in [6, 6.07) is 7.72. The maximum atomic E-state index is 11.9. The molecule has 0 radical (unpaired) electrons. The minimum atomic E-state index is -1.30. The van der Waals surface area contributed by atoms with Crippen molar-refractivity contribution in [3.05, 3.63) is 48.0 Å². The number of aliphatic hydroxyl groups excluding tert-OH is 1. The van der Waals surface area contributed by atoms with Gasteiger partial charge in [-0.1, -0.05) is 36.4 Å². The number of ether oxygens (including phenoxy) is 2. The van der Waals surface area contributed by atoms with Crippen molar-refractivity contribution in [2.45, 2.75) is 38.5 Å². The molecule has 0 saturated carbocycles. The van der Waals surface area contributed by atoms with E-state index in [0.29, 0.717) is 0 Å². The summed E-state index contributed by atoms with van der Waals surface area (Å²) in [4.78, 5) is 46.0. The summed E-state index contributed by atoms with van der Waals surface area (Å²) in [5, 5.41) is 23.6. The number of alkyl carbamates (subject to hydrolysis) is 1. The van der Waals surface area contributed by atoms with E-state index in [4.69, 9.17) is 9.84 Å². The van der Waals surface area contributed by atoms with Gasteiger partial charge < -0.3 is 30.3 Å². The number of carbonyl (C=O) groups is 4. The van der Waals surface area contributed by atoms with Crippen molar-refractivity contribution < 1.29 is 38.9 Å². The van der Waals surface area contributed by atoms with E-state index in [0.717, 1.165) is 11.6 Å². The number of esters is 1. The Kier molecular flexibility index (Phi) is 11.3. The molecule has 2 atom stereocenters. The zero-order valence-electron chi connectivity index (χ0n) is 16.6. The van der Waals surface area contributed by atoms with Crippen molar-refractivity contribution in [2.75, 3.05) is 13.2 Å². The molecule has 0 unspecified atom stereocenters. The van der Waals surface area contributed by atoms with Crippen LogP contribution in [-0.4, -0.2) is 59.4 Å². The Balaban J connectivity index is 2.34. The number of carbonyl (C=O) groups excluding carboxylic acids is 3. The van der Waals surface area contributed by atoms with Gasteiger partial charge in [-0.3, -0.25) is 4.79 Å². The van der Waals surface area contributed by atoms with Gasteiger partial charge >= 0.3 is 18.0 Å². The van der Waals surface area contributed by atoms with Crippen LogP contribution in [0.15, 0.2) is 42.5 Å². The quantitative estimate of drug-likeness (QED) is 0.284. The number of aliphatic hydroxyl groups is 1. The molecular formula is C20H26N2O8. The first-order chi connectivity index (χ1) is 14.3. The highest BCUT2D eigenvalue weighted by molar-refractivity contribution is 5.84. The number of rotatable bonds is 12. The van der Waals surface area contributed by atoms with Gasteiger partial charge in [-0.2, -0.15) is 0 Å². The lowest BCUT2D eigenvalue weighted by Gasteiger charge is -2.15. The standard InChI is InChI=1S/C20H26N2O8/c1-2-29-18(25)10-6-9-16(19(26)27)22-17(24)11-15(23)12-21-20(28)30-13-14-7-4-3-5-8-14/h3-8,10,15-16,23H,2,9,11-13H2,1H3,(H,21,28)(H,22,24)(H,26,27)/b10-6+/t15-,16-/m1/s1. The van der Waals surface area contributed by atoms with Crippen LogP contribution in [0.4, 0.5) is 4.79 Å². The molecule has 0 aliphatic heterocycles. The monoisotopic (exact) mass is 422 g/mol. The van der Waals surface area contributed by atoms with Gasteiger partial charge in [0.25, 0.3) is 0 Å². The highest BCUT2D eigenvalue weighted by Gasteiger charge is 2.20. The van der Waals surface area contributed by atoms with E-state index in [2.05, 4.69) is 15.4 Å². The minimum Gasteiger partial charge on any atom is -0.480 e. The molecule has 10 heteroatoms. The largest absolute Gasteiger partial charge is 0.480 e. The second kappa shape index (κ2) is 13.7. The summed E-state index contributed by atoms with van der Waals surface area (Å²) in [6.07, 6.45) is -0.210. The van der Waals surface area contributed by atoms with E-state index in [1.165, 1.54) is 6.08 Å². The Morgan fingerprint density at radius 2 is 1.83 bits per heavy atom. The van der Waals surface area contributed by atoms with Gasteiger partial charge in [0.15, 0.2) is 0 Å². The first-order valence-electron chi connectivity index (χ1n) is 9.29. The Morgan fingerprint density at radius 3 is 2.47 bits per heavy atom. The van der Waals surface area contributed by atoms with Gasteiger partial charge in [0.05, 0.1) is 19.1 Å². The number of nitrogens with one attached hydrogen (secondary N) is 2. The van der Waals surface area contributed by atoms with E-state index in [9.17, 15) is 24.3 Å². The van der Waals surface area contributed by atoms with Crippen molar-refractivity contribution in [3.8, 4) is 0 Å². The SMILES string of the molecule is CCOC(=O)/C=C/C[C@@H](NC(=O)C[C@@H](O)CNC(=O)OCc1ccccc1)C(=O)O. The summed E-state index contributed by atoms with van der Waals surface area (Å²) >= 11 is 0. The van der Waals surface area contributed by atoms with Crippen molar-refractivity contribution >= 4 is 23.9 Å². The number of amides is 2. The molecule has 1 aromatic rings. The predicted molar refractivity (Wildman–Crippen MR) is 105 cm³/mol. The average Bonchev–Trinajstić information content (AvgIpc) is 2.70. The van der Waals surface area contributed by atoms with Gasteiger partial charge in [0.1, 0.15) is 12.6 Å². The summed E-state index contributed by atoms with van der Waals surface area (Å²) in [7, 11) is 0. The van der Waals surface area contributed by atoms with E-state index >= 15 is 0 Å². The minimum absolute atomic E-state index is 0.0584. The van der Waals surface area contributed by atoms with E-state index in [1.54, 1.807) is 31.2 Å². The molecule has 164 valence electrons. The van der Waals surface area contributed by atoms with E-state index < -0.39 is 42.5 Å². The maximum absolute atomic E-state index is 11.9. The normalized spacial score (nSPS) is 12.6. The van der Waals surface area contributed by atoms with Crippen LogP contribution < -0.4 is 10.6 Å². The molecule has 0 aliphatic rings. The van der Waals surface area contributed by atoms with E-state index in [-0.39, 0.29) is 26.2 Å². The second-order valence-corrected chi connectivity index (χ2v) is 6.15. The average molecular weight is 422 g/mol. The topological polar surface area (TPSA) is 151 Å². The molecule has 30 heavy (non-hydrogen) atoms. The van der Waals surface area contributed by atoms with Crippen molar-refractivity contribution in [2.24, 2.45) is 0 Å². The summed E-state index contributed by atoms with van der Waals surface area (Å²) in [5.74, 6) is -2.64. The first-order valence-corrected chi connectivity index (χ1v) is 9.29. The van der Waals surface area contributed by atoms with Crippen LogP contribution in [0.2, 0.25) is 0 Å². The van der Waals surface area contributed by atoms with Crippen LogP contribution in [0.3, 0.4) is 0 Å². The number of carboxylic acid groups (broad SMARTS) is 1. The molecule has 0 saturated heterocycles. The molecule has 0 spiro atoms. The third-order valence-corrected chi connectivity index (χ3v) is 3.66. The van der Waals surface area contributed by atoms with Gasteiger partial charge in [-0.25, -0.2) is 14.4 Å². The molecule has 0 aliphatic carbocycles. The molecule has 2 amide bonds. The lowest BCUT2D eigenvalue weighted by atomic mass is 10.1. The highest BCUT2D eigenvalue weighted by Crippen LogP contribution is 2.01. The van der Waals surface area contributed by atoms with Crippen molar-refractivity contribution in [3.63, 3.8) is 0 Å². The Labute approximate surface area is 173 Å². The fourth-order valence-corrected chi connectivity index (χ4v) is 2.23. The van der Waals surface area contributed by atoms with E-state index in [1.807, 2.05) is 6.07 Å². The van der Waals surface area contributed by atoms with Crippen LogP contribution >= 0.6 is 0 Å². The van der Waals surface area contributed by atoms with Gasteiger partial charge in [0, 0.05) is 12.6 Å². The van der Waals surface area contributed by atoms with Crippen LogP contribution in [0.5, 0.6) is 0 Å². The molecule has 1 aromatic carbocycles. The molecule has 4 N–H and O–H groups in total. The molecule has 0 aromatic heterocycles. The Bertz CT molecular complexity index is 736. The smallest absolute Gasteiger partial charge is 0.407 e. The zero-order chi connectivity index (χ0) is 22.4. The maximum Gasteiger partial charge on any atom is 0.407 e. The number of hydrogen-bond donors (Lipinski definition) is 4. The number of aliphatic carboxylic acids is 1. The van der Waals surface area contributed by atoms with Crippen molar-refractivity contribution in [1.29, 1.82) is 0 Å². The fourth-order valence-electron chi connectivity index (χ4n) is 2.23. The third kappa shape index (κ3) is 10.8. The highest BCUT2D eigenvalue weighted by atomic mass is 16.5. The molecular weight excluding hydrogens is 396 g/mol. The molecule has 10 nitrogen and oxygen atoms in total. The first kappa shape index (κ1) is 24.6. The van der Waals surface area contributed by atoms with Gasteiger partial charge in [0.2, 0.25) is 5.91 Å². The fraction of sp³-hybridized carbons (Fsp3) is 0.400. The van der Waals surface area contributed by atoms with Gasteiger partial charge in [-0.05, 0) is 18.9 Å². The zero-order valence-corrected chi connectivity index (χ0v) is 16.6. The second-order valence-electron chi connectivity index (χ2n) is 6.15. The number of carboxylic acids is 1. The van der Waals surface area contributed by atoms with Gasteiger partial charge in [-0.15, -0.1) is 0 Å². The summed E-state index contributed by atoms with van der Waals surface area (Å²) in [5.41, 5.74) is 0.796. The molecule has 0 fully saturated rings. The third-order valence-electron chi connectivity index (χ3n) is 3.66. The Hall–Kier alpha value is -3.40. The Morgan fingerprint density at radius 1 is 1.13 bits per heavy atom. The van der Waals surface area contributed by atoms with Crippen LogP contribution in [0, 0.1) is 0 Å². The van der Waals surface area contributed by atoms with Crippen LogP contribution in [-0.2, 0) is 30.5 Å². The predicted octanol–water partition coefficient (Wildman–Crippen LogP) is 0.743. The number of hydrogen-bond acceptors (Lipinski definition) is 7. The lowest BCUT2D eigenvalue weighted by Crippen LogP contribution is -2.43. The van der Waals surface area contributed by atoms with Crippen LogP contribution in [0.25, 0.3) is 0 Å². The molecule has 0 bridgehead atoms. The summed E-state index contributed by atoms with van der Waals surface area (Å²) < 4.78 is 9.64. The lowest BCUT2D eigenvalue weighted by molar-refractivity contribution is -0.142. The molecule has 0 heterocycles. The van der Waals surface area contributed by atoms with Crippen molar-refractivity contribution in [1.82, 2.24) is 10.6 Å². The van der Waals surface area contributed by atoms with Crippen LogP contribution in [0.1, 0.15) is 25.3 Å².